The number of halogens is 3. The molecule has 2 rings (SSSR count). The fourth-order valence-electron chi connectivity index (χ4n) is 2.57. The molecule has 0 fully saturated rings. The Hall–Kier alpha value is -1.45. The van der Waals surface area contributed by atoms with Gasteiger partial charge in [-0.05, 0) is 44.5 Å². The highest BCUT2D eigenvalue weighted by atomic mass is 127. The summed E-state index contributed by atoms with van der Waals surface area (Å²) < 4.78 is 1.82. The summed E-state index contributed by atoms with van der Waals surface area (Å²) in [5.74, 6) is 0.548. The highest BCUT2D eigenvalue weighted by Gasteiger charge is 2.15. The normalized spacial score (nSPS) is 11.6. The fraction of sp³-hybridized carbons (Fsp3) is 0.400. The molecule has 0 aliphatic rings. The lowest BCUT2D eigenvalue weighted by Crippen LogP contribution is -2.40. The van der Waals surface area contributed by atoms with E-state index in [9.17, 15) is 4.79 Å². The Morgan fingerprint density at radius 2 is 1.79 bits per heavy atom. The molecule has 0 saturated heterocycles. The molecule has 160 valence electrons. The molecule has 1 aromatic carbocycles. The van der Waals surface area contributed by atoms with Gasteiger partial charge in [-0.2, -0.15) is 0 Å². The van der Waals surface area contributed by atoms with E-state index in [2.05, 4.69) is 20.9 Å². The van der Waals surface area contributed by atoms with Crippen LogP contribution in [0.5, 0.6) is 0 Å². The first kappa shape index (κ1) is 25.6. The number of aliphatic imine (C=N–C) groups is 1. The molecule has 1 aromatic heterocycles. The SMILES string of the molecule is CN=C(NCc1cccc(C(=O)NC(C)(C)C)c1)NCc1cc(Cl)c(Cl)n1C.I. The monoisotopic (exact) mass is 551 g/mol. The molecule has 1 amide bonds. The van der Waals surface area contributed by atoms with Crippen molar-refractivity contribution in [3.05, 3.63) is 57.3 Å². The lowest BCUT2D eigenvalue weighted by atomic mass is 10.1. The molecule has 0 aliphatic heterocycles. The van der Waals surface area contributed by atoms with Crippen molar-refractivity contribution in [2.75, 3.05) is 7.05 Å². The van der Waals surface area contributed by atoms with Gasteiger partial charge in [-0.3, -0.25) is 9.79 Å². The summed E-state index contributed by atoms with van der Waals surface area (Å²) in [4.78, 5) is 16.6. The molecule has 0 saturated carbocycles. The highest BCUT2D eigenvalue weighted by molar-refractivity contribution is 14.0. The Balaban J connectivity index is 0.00000420. The van der Waals surface area contributed by atoms with Gasteiger partial charge in [0.25, 0.3) is 5.91 Å². The van der Waals surface area contributed by atoms with Crippen LogP contribution in [0.2, 0.25) is 10.2 Å². The summed E-state index contributed by atoms with van der Waals surface area (Å²) in [5.41, 5.74) is 2.28. The van der Waals surface area contributed by atoms with Gasteiger partial charge in [-0.1, -0.05) is 35.3 Å². The van der Waals surface area contributed by atoms with Crippen LogP contribution in [0.3, 0.4) is 0 Å². The molecule has 0 spiro atoms. The van der Waals surface area contributed by atoms with E-state index in [1.165, 1.54) is 0 Å². The van der Waals surface area contributed by atoms with Crippen molar-refractivity contribution in [3.63, 3.8) is 0 Å². The number of benzene rings is 1. The Bertz CT molecular complexity index is 874. The van der Waals surface area contributed by atoms with E-state index in [1.54, 1.807) is 13.1 Å². The van der Waals surface area contributed by atoms with Crippen molar-refractivity contribution < 1.29 is 4.79 Å². The molecule has 0 bridgehead atoms. The minimum atomic E-state index is -0.278. The molecular weight excluding hydrogens is 524 g/mol. The Kier molecular flexibility index (Phi) is 9.78. The number of carbonyl (C=O) groups excluding carboxylic acids is 1. The van der Waals surface area contributed by atoms with Crippen molar-refractivity contribution in [3.8, 4) is 0 Å². The minimum Gasteiger partial charge on any atom is -0.352 e. The van der Waals surface area contributed by atoms with E-state index in [1.807, 2.05) is 56.7 Å². The third kappa shape index (κ3) is 7.71. The van der Waals surface area contributed by atoms with Crippen LogP contribution in [0.15, 0.2) is 35.3 Å². The zero-order valence-corrected chi connectivity index (χ0v) is 21.1. The first-order chi connectivity index (χ1) is 13.1. The Labute approximate surface area is 199 Å². The van der Waals surface area contributed by atoms with Crippen molar-refractivity contribution in [2.45, 2.75) is 39.4 Å². The zero-order valence-electron chi connectivity index (χ0n) is 17.3. The van der Waals surface area contributed by atoms with Gasteiger partial charge < -0.3 is 20.5 Å². The second-order valence-corrected chi connectivity index (χ2v) is 8.28. The van der Waals surface area contributed by atoms with Gasteiger partial charge in [0.1, 0.15) is 5.15 Å². The second-order valence-electron chi connectivity index (χ2n) is 7.52. The quantitative estimate of drug-likeness (QED) is 0.294. The predicted octanol–water partition coefficient (Wildman–Crippen LogP) is 4.34. The van der Waals surface area contributed by atoms with Gasteiger partial charge in [0.15, 0.2) is 5.96 Å². The van der Waals surface area contributed by atoms with E-state index in [0.717, 1.165) is 11.3 Å². The van der Waals surface area contributed by atoms with E-state index in [-0.39, 0.29) is 35.4 Å². The number of guanidine groups is 1. The largest absolute Gasteiger partial charge is 0.352 e. The molecule has 9 heteroatoms. The minimum absolute atomic E-state index is 0. The van der Waals surface area contributed by atoms with Crippen LogP contribution in [-0.2, 0) is 20.1 Å². The van der Waals surface area contributed by atoms with Gasteiger partial charge in [0.05, 0.1) is 11.6 Å². The van der Waals surface area contributed by atoms with Crippen molar-refractivity contribution in [1.82, 2.24) is 20.5 Å². The van der Waals surface area contributed by atoms with Crippen LogP contribution in [-0.4, -0.2) is 29.0 Å². The average Bonchev–Trinajstić information content (AvgIpc) is 2.87. The summed E-state index contributed by atoms with van der Waals surface area (Å²) in [6.45, 7) is 6.93. The van der Waals surface area contributed by atoms with Crippen molar-refractivity contribution >= 4 is 59.0 Å². The zero-order chi connectivity index (χ0) is 20.9. The van der Waals surface area contributed by atoms with Crippen LogP contribution in [0, 0.1) is 0 Å². The average molecular weight is 552 g/mol. The van der Waals surface area contributed by atoms with Crippen LogP contribution in [0.25, 0.3) is 0 Å². The maximum Gasteiger partial charge on any atom is 0.251 e. The second kappa shape index (κ2) is 11.1. The predicted molar refractivity (Wildman–Crippen MR) is 132 cm³/mol. The number of rotatable bonds is 5. The number of carbonyl (C=O) groups is 1. The number of nitrogens with zero attached hydrogens (tertiary/aromatic N) is 2. The number of hydrogen-bond acceptors (Lipinski definition) is 2. The van der Waals surface area contributed by atoms with E-state index in [0.29, 0.717) is 34.8 Å². The number of nitrogens with one attached hydrogen (secondary N) is 3. The summed E-state index contributed by atoms with van der Waals surface area (Å²) >= 11 is 12.1. The van der Waals surface area contributed by atoms with E-state index in [4.69, 9.17) is 23.2 Å². The molecule has 1 heterocycles. The van der Waals surface area contributed by atoms with Gasteiger partial charge >= 0.3 is 0 Å². The first-order valence-electron chi connectivity index (χ1n) is 8.96. The molecule has 2 aromatic rings. The molecule has 29 heavy (non-hydrogen) atoms. The summed E-state index contributed by atoms with van der Waals surface area (Å²) in [7, 11) is 3.56. The van der Waals surface area contributed by atoms with Crippen LogP contribution in [0.1, 0.15) is 42.4 Å². The number of amides is 1. The van der Waals surface area contributed by atoms with Gasteiger partial charge in [0.2, 0.25) is 0 Å². The molecule has 3 N–H and O–H groups in total. The lowest BCUT2D eigenvalue weighted by Gasteiger charge is -2.20. The third-order valence-corrected chi connectivity index (χ3v) is 4.86. The van der Waals surface area contributed by atoms with Crippen LogP contribution in [0.4, 0.5) is 0 Å². The molecule has 6 nitrogen and oxygen atoms in total. The molecular formula is C20H28Cl2IN5O. The smallest absolute Gasteiger partial charge is 0.251 e. The summed E-state index contributed by atoms with van der Waals surface area (Å²) in [6, 6.07) is 9.34. The standard InChI is InChI=1S/C20H27Cl2N5O.HI/c1-20(2,3)26-18(28)14-8-6-7-13(9-14)11-24-19(23-4)25-12-15-10-16(21)17(22)27(15)5;/h6-10H,11-12H2,1-5H3,(H,26,28)(H2,23,24,25);1H. The van der Waals surface area contributed by atoms with Crippen molar-refractivity contribution in [1.29, 1.82) is 0 Å². The first-order valence-corrected chi connectivity index (χ1v) is 9.72. The maximum absolute atomic E-state index is 12.3. The molecule has 0 aliphatic carbocycles. The van der Waals surface area contributed by atoms with Crippen molar-refractivity contribution in [2.24, 2.45) is 12.0 Å². The van der Waals surface area contributed by atoms with Crippen LogP contribution >= 0.6 is 47.2 Å². The van der Waals surface area contributed by atoms with E-state index >= 15 is 0 Å². The maximum atomic E-state index is 12.3. The highest BCUT2D eigenvalue weighted by Crippen LogP contribution is 2.24. The molecule has 0 unspecified atom stereocenters. The summed E-state index contributed by atoms with van der Waals surface area (Å²) in [6.07, 6.45) is 0. The Morgan fingerprint density at radius 3 is 2.34 bits per heavy atom. The van der Waals surface area contributed by atoms with Gasteiger partial charge in [-0.15, -0.1) is 24.0 Å². The Morgan fingerprint density at radius 1 is 1.14 bits per heavy atom. The lowest BCUT2D eigenvalue weighted by molar-refractivity contribution is 0.0919. The molecule has 0 atom stereocenters. The molecule has 0 radical (unpaired) electrons. The number of hydrogen-bond donors (Lipinski definition) is 3. The fourth-order valence-corrected chi connectivity index (χ4v) is 2.99. The summed E-state index contributed by atoms with van der Waals surface area (Å²) in [5, 5.41) is 10.5. The topological polar surface area (TPSA) is 70.4 Å². The van der Waals surface area contributed by atoms with Crippen LogP contribution < -0.4 is 16.0 Å². The van der Waals surface area contributed by atoms with Gasteiger partial charge in [0, 0.05) is 37.4 Å². The van der Waals surface area contributed by atoms with E-state index < -0.39 is 0 Å². The third-order valence-electron chi connectivity index (χ3n) is 4.01. The van der Waals surface area contributed by atoms with Gasteiger partial charge in [-0.25, -0.2) is 0 Å². The number of aromatic nitrogens is 1.